The smallest absolute Gasteiger partial charge is 0.362 e. The first-order valence-corrected chi connectivity index (χ1v) is 7.55. The molecule has 0 fully saturated rings. The van der Waals surface area contributed by atoms with E-state index < -0.39 is 22.9 Å². The third-order valence-electron chi connectivity index (χ3n) is 3.40. The number of fused-ring (bicyclic) bond motifs is 1. The predicted molar refractivity (Wildman–Crippen MR) is 88.3 cm³/mol. The SMILES string of the molecule is CCOC(=O)c1nn(-c2ccc(Cl)cc2)c2cccc(F)c2c1=O. The third kappa shape index (κ3) is 2.76. The van der Waals surface area contributed by atoms with Gasteiger partial charge in [0, 0.05) is 5.02 Å². The zero-order valence-electron chi connectivity index (χ0n) is 12.6. The molecule has 0 spiro atoms. The topological polar surface area (TPSA) is 61.2 Å². The lowest BCUT2D eigenvalue weighted by Gasteiger charge is -2.12. The summed E-state index contributed by atoms with van der Waals surface area (Å²) in [5, 5.41) is 4.38. The second kappa shape index (κ2) is 6.41. The largest absolute Gasteiger partial charge is 0.461 e. The Hall–Kier alpha value is -2.73. The molecule has 0 atom stereocenters. The number of hydrogen-bond acceptors (Lipinski definition) is 4. The highest BCUT2D eigenvalue weighted by Gasteiger charge is 2.21. The van der Waals surface area contributed by atoms with Gasteiger partial charge in [0.2, 0.25) is 11.1 Å². The van der Waals surface area contributed by atoms with Gasteiger partial charge < -0.3 is 4.74 Å². The zero-order valence-corrected chi connectivity index (χ0v) is 13.4. The second-order valence-corrected chi connectivity index (χ2v) is 5.36. The minimum absolute atomic E-state index is 0.0796. The first kappa shape index (κ1) is 16.1. The summed E-state index contributed by atoms with van der Waals surface area (Å²) in [4.78, 5) is 24.5. The first-order chi connectivity index (χ1) is 11.5. The van der Waals surface area contributed by atoms with E-state index in [-0.39, 0.29) is 17.5 Å². The Kier molecular flexibility index (Phi) is 4.31. The monoisotopic (exact) mass is 346 g/mol. The quantitative estimate of drug-likeness (QED) is 0.682. The molecule has 3 aromatic rings. The molecule has 0 saturated heterocycles. The number of aromatic nitrogens is 2. The standard InChI is InChI=1S/C17H12ClFN2O3/c1-2-24-17(23)15-16(22)14-12(19)4-3-5-13(14)21(20-15)11-8-6-10(18)7-9-11/h3-9H,2H2,1H3. The number of carbonyl (C=O) groups excluding carboxylic acids is 1. The van der Waals surface area contributed by atoms with Gasteiger partial charge in [0.05, 0.1) is 23.2 Å². The van der Waals surface area contributed by atoms with E-state index in [0.717, 1.165) is 6.07 Å². The molecule has 0 saturated carbocycles. The zero-order chi connectivity index (χ0) is 17.3. The van der Waals surface area contributed by atoms with Crippen LogP contribution in [0.3, 0.4) is 0 Å². The van der Waals surface area contributed by atoms with Crippen molar-refractivity contribution in [1.82, 2.24) is 9.78 Å². The second-order valence-electron chi connectivity index (χ2n) is 4.92. The number of ether oxygens (including phenoxy) is 1. The van der Waals surface area contributed by atoms with Crippen molar-refractivity contribution in [2.24, 2.45) is 0 Å². The summed E-state index contributed by atoms with van der Waals surface area (Å²) in [6, 6.07) is 10.7. The van der Waals surface area contributed by atoms with Crippen molar-refractivity contribution in [1.29, 1.82) is 0 Å². The maximum absolute atomic E-state index is 14.2. The van der Waals surface area contributed by atoms with Gasteiger partial charge in [0.1, 0.15) is 5.82 Å². The van der Waals surface area contributed by atoms with Gasteiger partial charge >= 0.3 is 5.97 Å². The van der Waals surface area contributed by atoms with E-state index in [1.807, 2.05) is 0 Å². The van der Waals surface area contributed by atoms with Crippen LogP contribution in [0.5, 0.6) is 0 Å². The fourth-order valence-electron chi connectivity index (χ4n) is 2.34. The van der Waals surface area contributed by atoms with Gasteiger partial charge in [0.15, 0.2) is 0 Å². The molecule has 0 unspecified atom stereocenters. The molecular formula is C17H12ClFN2O3. The van der Waals surface area contributed by atoms with Crippen LogP contribution in [-0.4, -0.2) is 22.4 Å². The van der Waals surface area contributed by atoms with Crippen LogP contribution in [0.4, 0.5) is 4.39 Å². The maximum atomic E-state index is 14.2. The first-order valence-electron chi connectivity index (χ1n) is 7.17. The van der Waals surface area contributed by atoms with Gasteiger partial charge in [-0.15, -0.1) is 0 Å². The summed E-state index contributed by atoms with van der Waals surface area (Å²) in [5.74, 6) is -1.62. The van der Waals surface area contributed by atoms with Crippen LogP contribution in [0.15, 0.2) is 47.3 Å². The number of carbonyl (C=O) groups is 1. The van der Waals surface area contributed by atoms with E-state index >= 15 is 0 Å². The number of esters is 1. The molecule has 2 aromatic carbocycles. The van der Waals surface area contributed by atoms with Gasteiger partial charge in [0.25, 0.3) is 0 Å². The minimum Gasteiger partial charge on any atom is -0.461 e. The summed E-state index contributed by atoms with van der Waals surface area (Å²) in [6.07, 6.45) is 0. The lowest BCUT2D eigenvalue weighted by molar-refractivity contribution is 0.0516. The van der Waals surface area contributed by atoms with Gasteiger partial charge in [-0.2, -0.15) is 5.10 Å². The fraction of sp³-hybridized carbons (Fsp3) is 0.118. The molecule has 0 aliphatic rings. The lowest BCUT2D eigenvalue weighted by Crippen LogP contribution is -2.24. The average Bonchev–Trinajstić information content (AvgIpc) is 2.56. The van der Waals surface area contributed by atoms with Crippen LogP contribution in [0.25, 0.3) is 16.6 Å². The number of benzene rings is 2. The van der Waals surface area contributed by atoms with Crippen LogP contribution in [-0.2, 0) is 4.74 Å². The number of nitrogens with zero attached hydrogens (tertiary/aromatic N) is 2. The molecule has 0 aliphatic heterocycles. The summed E-state index contributed by atoms with van der Waals surface area (Å²) < 4.78 is 20.4. The van der Waals surface area contributed by atoms with Crippen molar-refractivity contribution >= 4 is 28.5 Å². The van der Waals surface area contributed by atoms with Gasteiger partial charge in [-0.25, -0.2) is 13.9 Å². The Labute approximate surface area is 141 Å². The van der Waals surface area contributed by atoms with Crippen molar-refractivity contribution in [3.63, 3.8) is 0 Å². The Morgan fingerprint density at radius 3 is 2.62 bits per heavy atom. The Morgan fingerprint density at radius 2 is 1.96 bits per heavy atom. The number of rotatable bonds is 3. The summed E-state index contributed by atoms with van der Waals surface area (Å²) in [5.41, 5.74) is -0.493. The van der Waals surface area contributed by atoms with E-state index in [0.29, 0.717) is 10.7 Å². The van der Waals surface area contributed by atoms with Gasteiger partial charge in [-0.1, -0.05) is 17.7 Å². The van der Waals surface area contributed by atoms with E-state index in [1.54, 1.807) is 37.3 Å². The highest BCUT2D eigenvalue weighted by atomic mass is 35.5. The van der Waals surface area contributed by atoms with Crippen molar-refractivity contribution in [2.75, 3.05) is 6.61 Å². The van der Waals surface area contributed by atoms with Crippen molar-refractivity contribution in [3.05, 3.63) is 69.2 Å². The van der Waals surface area contributed by atoms with Crippen molar-refractivity contribution in [2.45, 2.75) is 6.92 Å². The molecule has 0 bridgehead atoms. The van der Waals surface area contributed by atoms with E-state index in [2.05, 4.69) is 5.10 Å². The van der Waals surface area contributed by atoms with E-state index in [1.165, 1.54) is 10.7 Å². The molecule has 0 amide bonds. The van der Waals surface area contributed by atoms with Gasteiger partial charge in [-0.05, 0) is 43.3 Å². The van der Waals surface area contributed by atoms with Crippen molar-refractivity contribution < 1.29 is 13.9 Å². The number of hydrogen-bond donors (Lipinski definition) is 0. The third-order valence-corrected chi connectivity index (χ3v) is 3.65. The summed E-state index contributed by atoms with van der Waals surface area (Å²) in [6.45, 7) is 1.69. The van der Waals surface area contributed by atoms with Crippen LogP contribution < -0.4 is 5.43 Å². The van der Waals surface area contributed by atoms with Crippen LogP contribution in [0.1, 0.15) is 17.4 Å². The molecule has 7 heteroatoms. The molecule has 5 nitrogen and oxygen atoms in total. The van der Waals surface area contributed by atoms with Gasteiger partial charge in [-0.3, -0.25) is 4.79 Å². The van der Waals surface area contributed by atoms with Crippen LogP contribution in [0.2, 0.25) is 5.02 Å². The molecular weight excluding hydrogens is 335 g/mol. The summed E-state index contributed by atoms with van der Waals surface area (Å²) in [7, 11) is 0. The predicted octanol–water partition coefficient (Wildman–Crippen LogP) is 3.35. The van der Waals surface area contributed by atoms with E-state index in [4.69, 9.17) is 16.3 Å². The Morgan fingerprint density at radius 1 is 1.25 bits per heavy atom. The van der Waals surface area contributed by atoms with E-state index in [9.17, 15) is 14.0 Å². The molecule has 24 heavy (non-hydrogen) atoms. The lowest BCUT2D eigenvalue weighted by atomic mass is 10.1. The highest BCUT2D eigenvalue weighted by molar-refractivity contribution is 6.30. The maximum Gasteiger partial charge on any atom is 0.362 e. The average molecular weight is 347 g/mol. The Bertz CT molecular complexity index is 984. The molecule has 3 rings (SSSR count). The Balaban J connectivity index is 2.37. The van der Waals surface area contributed by atoms with Crippen LogP contribution in [0, 0.1) is 5.82 Å². The normalized spacial score (nSPS) is 10.8. The molecule has 122 valence electrons. The molecule has 0 N–H and O–H groups in total. The molecule has 1 aromatic heterocycles. The molecule has 0 aliphatic carbocycles. The van der Waals surface area contributed by atoms with Crippen molar-refractivity contribution in [3.8, 4) is 5.69 Å². The highest BCUT2D eigenvalue weighted by Crippen LogP contribution is 2.19. The fourth-order valence-corrected chi connectivity index (χ4v) is 2.47. The van der Waals surface area contributed by atoms with Crippen LogP contribution >= 0.6 is 11.6 Å². The minimum atomic E-state index is -0.893. The summed E-state index contributed by atoms with van der Waals surface area (Å²) >= 11 is 5.88. The molecule has 0 radical (unpaired) electrons. The number of halogens is 2. The molecule has 1 heterocycles.